The van der Waals surface area contributed by atoms with Gasteiger partial charge < -0.3 is 19.7 Å². The molecule has 0 aromatic rings. The molecule has 0 radical (unpaired) electrons. The van der Waals surface area contributed by atoms with Crippen molar-refractivity contribution in [3.63, 3.8) is 0 Å². The predicted molar refractivity (Wildman–Crippen MR) is 68.1 cm³/mol. The molecule has 0 rings (SSSR count). The first kappa shape index (κ1) is 16.4. The van der Waals surface area contributed by atoms with Crippen molar-refractivity contribution in [1.82, 2.24) is 10.2 Å². The van der Waals surface area contributed by atoms with Crippen LogP contribution < -0.4 is 5.32 Å². The molecule has 0 aliphatic carbocycles. The third kappa shape index (κ3) is 6.00. The minimum absolute atomic E-state index is 0.224. The SMILES string of the molecule is CCNC(C)(CN(C)CCCOC)C(=O)OC. The molecule has 102 valence electrons. The van der Waals surface area contributed by atoms with Crippen molar-refractivity contribution >= 4 is 5.97 Å². The van der Waals surface area contributed by atoms with E-state index in [1.807, 2.05) is 20.9 Å². The van der Waals surface area contributed by atoms with Crippen molar-refractivity contribution in [2.75, 3.05) is 47.5 Å². The van der Waals surface area contributed by atoms with Crippen molar-refractivity contribution in [1.29, 1.82) is 0 Å². The molecule has 0 bridgehead atoms. The molecule has 0 fully saturated rings. The van der Waals surface area contributed by atoms with Gasteiger partial charge in [-0.3, -0.25) is 4.79 Å². The summed E-state index contributed by atoms with van der Waals surface area (Å²) in [4.78, 5) is 13.9. The molecule has 0 saturated carbocycles. The Morgan fingerprint density at radius 3 is 2.53 bits per heavy atom. The molecule has 0 saturated heterocycles. The summed E-state index contributed by atoms with van der Waals surface area (Å²) in [7, 11) is 5.11. The summed E-state index contributed by atoms with van der Waals surface area (Å²) in [5, 5.41) is 3.18. The average molecular weight is 246 g/mol. The molecule has 0 aliphatic heterocycles. The Labute approximate surface area is 104 Å². The molecule has 5 nitrogen and oxygen atoms in total. The first-order valence-electron chi connectivity index (χ1n) is 6.01. The van der Waals surface area contributed by atoms with Crippen LogP contribution in [0.2, 0.25) is 0 Å². The summed E-state index contributed by atoms with van der Waals surface area (Å²) in [6, 6.07) is 0. The van der Waals surface area contributed by atoms with Gasteiger partial charge in [0.1, 0.15) is 5.54 Å². The molecule has 5 heteroatoms. The van der Waals surface area contributed by atoms with E-state index in [9.17, 15) is 4.79 Å². The maximum Gasteiger partial charge on any atom is 0.327 e. The van der Waals surface area contributed by atoms with Crippen LogP contribution in [0.4, 0.5) is 0 Å². The summed E-state index contributed by atoms with van der Waals surface area (Å²) in [5.74, 6) is -0.224. The van der Waals surface area contributed by atoms with E-state index in [4.69, 9.17) is 9.47 Å². The van der Waals surface area contributed by atoms with Gasteiger partial charge in [-0.05, 0) is 26.9 Å². The van der Waals surface area contributed by atoms with E-state index in [1.54, 1.807) is 7.11 Å². The Balaban J connectivity index is 4.27. The molecule has 0 heterocycles. The number of methoxy groups -OCH3 is 2. The zero-order chi connectivity index (χ0) is 13.3. The number of carbonyl (C=O) groups excluding carboxylic acids is 1. The van der Waals surface area contributed by atoms with Crippen molar-refractivity contribution in [2.45, 2.75) is 25.8 Å². The fraction of sp³-hybridized carbons (Fsp3) is 0.917. The Bertz CT molecular complexity index is 224. The fourth-order valence-corrected chi connectivity index (χ4v) is 1.91. The van der Waals surface area contributed by atoms with Gasteiger partial charge in [0.25, 0.3) is 0 Å². The topological polar surface area (TPSA) is 50.8 Å². The predicted octanol–water partition coefficient (Wildman–Crippen LogP) is 0.496. The zero-order valence-corrected chi connectivity index (χ0v) is 11.7. The molecule has 0 aromatic carbocycles. The molecular formula is C12H26N2O3. The van der Waals surface area contributed by atoms with Gasteiger partial charge in [0, 0.05) is 26.8 Å². The van der Waals surface area contributed by atoms with Gasteiger partial charge in [-0.1, -0.05) is 6.92 Å². The molecular weight excluding hydrogens is 220 g/mol. The second-order valence-corrected chi connectivity index (χ2v) is 4.44. The molecule has 0 aromatic heterocycles. The number of rotatable bonds is 9. The smallest absolute Gasteiger partial charge is 0.327 e. The van der Waals surface area contributed by atoms with Crippen LogP contribution >= 0.6 is 0 Å². The third-order valence-electron chi connectivity index (χ3n) is 2.68. The number of likely N-dealkylation sites (N-methyl/N-ethyl adjacent to an activating group) is 2. The molecule has 0 spiro atoms. The van der Waals surface area contributed by atoms with Gasteiger partial charge >= 0.3 is 5.97 Å². The van der Waals surface area contributed by atoms with Crippen LogP contribution in [0.5, 0.6) is 0 Å². The summed E-state index contributed by atoms with van der Waals surface area (Å²) < 4.78 is 9.85. The molecule has 17 heavy (non-hydrogen) atoms. The average Bonchev–Trinajstić information content (AvgIpc) is 2.28. The number of hydrogen-bond donors (Lipinski definition) is 1. The number of hydrogen-bond acceptors (Lipinski definition) is 5. The number of carbonyl (C=O) groups is 1. The summed E-state index contributed by atoms with van der Waals surface area (Å²) in [5.41, 5.74) is -0.647. The first-order chi connectivity index (χ1) is 8.00. The standard InChI is InChI=1S/C12H26N2O3/c1-6-13-12(2,11(15)17-5)10-14(3)8-7-9-16-4/h13H,6-10H2,1-5H3. The van der Waals surface area contributed by atoms with E-state index in [-0.39, 0.29) is 5.97 Å². The normalized spacial score (nSPS) is 14.7. The lowest BCUT2D eigenvalue weighted by molar-refractivity contribution is -0.148. The van der Waals surface area contributed by atoms with E-state index in [1.165, 1.54) is 7.11 Å². The van der Waals surface area contributed by atoms with Crippen LogP contribution in [-0.4, -0.2) is 63.9 Å². The number of esters is 1. The highest BCUT2D eigenvalue weighted by molar-refractivity contribution is 5.80. The minimum atomic E-state index is -0.647. The lowest BCUT2D eigenvalue weighted by atomic mass is 10.0. The highest BCUT2D eigenvalue weighted by Gasteiger charge is 2.34. The fourth-order valence-electron chi connectivity index (χ4n) is 1.91. The van der Waals surface area contributed by atoms with Crippen molar-refractivity contribution in [3.8, 4) is 0 Å². The monoisotopic (exact) mass is 246 g/mol. The largest absolute Gasteiger partial charge is 0.468 e. The van der Waals surface area contributed by atoms with Crippen LogP contribution in [0.25, 0.3) is 0 Å². The van der Waals surface area contributed by atoms with Crippen molar-refractivity contribution in [2.24, 2.45) is 0 Å². The van der Waals surface area contributed by atoms with E-state index in [2.05, 4.69) is 10.2 Å². The minimum Gasteiger partial charge on any atom is -0.468 e. The van der Waals surface area contributed by atoms with Gasteiger partial charge in [-0.15, -0.1) is 0 Å². The molecule has 0 amide bonds. The Kier molecular flexibility index (Phi) is 8.12. The lowest BCUT2D eigenvalue weighted by Crippen LogP contribution is -2.56. The van der Waals surface area contributed by atoms with Gasteiger partial charge in [0.2, 0.25) is 0 Å². The van der Waals surface area contributed by atoms with Crippen LogP contribution in [-0.2, 0) is 14.3 Å². The van der Waals surface area contributed by atoms with E-state index < -0.39 is 5.54 Å². The van der Waals surface area contributed by atoms with E-state index in [0.717, 1.165) is 26.1 Å². The molecule has 1 atom stereocenters. The molecule has 1 N–H and O–H groups in total. The quantitative estimate of drug-likeness (QED) is 0.474. The Morgan fingerprint density at radius 1 is 1.41 bits per heavy atom. The number of nitrogens with zero attached hydrogens (tertiary/aromatic N) is 1. The van der Waals surface area contributed by atoms with Crippen LogP contribution in [0.3, 0.4) is 0 Å². The number of nitrogens with one attached hydrogen (secondary N) is 1. The Hall–Kier alpha value is -0.650. The zero-order valence-electron chi connectivity index (χ0n) is 11.7. The highest BCUT2D eigenvalue weighted by Crippen LogP contribution is 2.08. The van der Waals surface area contributed by atoms with E-state index in [0.29, 0.717) is 6.54 Å². The van der Waals surface area contributed by atoms with Crippen LogP contribution in [0.1, 0.15) is 20.3 Å². The summed E-state index contributed by atoms with van der Waals surface area (Å²) >= 11 is 0. The highest BCUT2D eigenvalue weighted by atomic mass is 16.5. The summed E-state index contributed by atoms with van der Waals surface area (Å²) in [6.45, 7) is 6.84. The molecule has 1 unspecified atom stereocenters. The molecule has 0 aliphatic rings. The second-order valence-electron chi connectivity index (χ2n) is 4.44. The maximum atomic E-state index is 11.8. The van der Waals surface area contributed by atoms with Crippen molar-refractivity contribution < 1.29 is 14.3 Å². The number of ether oxygens (including phenoxy) is 2. The van der Waals surface area contributed by atoms with Crippen molar-refractivity contribution in [3.05, 3.63) is 0 Å². The lowest BCUT2D eigenvalue weighted by Gasteiger charge is -2.32. The van der Waals surface area contributed by atoms with Crippen LogP contribution in [0, 0.1) is 0 Å². The van der Waals surface area contributed by atoms with E-state index >= 15 is 0 Å². The van der Waals surface area contributed by atoms with Crippen LogP contribution in [0.15, 0.2) is 0 Å². The third-order valence-corrected chi connectivity index (χ3v) is 2.68. The van der Waals surface area contributed by atoms with Gasteiger partial charge in [0.15, 0.2) is 0 Å². The van der Waals surface area contributed by atoms with Gasteiger partial charge in [-0.25, -0.2) is 0 Å². The first-order valence-corrected chi connectivity index (χ1v) is 6.01. The maximum absolute atomic E-state index is 11.8. The Morgan fingerprint density at radius 2 is 2.06 bits per heavy atom. The second kappa shape index (κ2) is 8.44. The van der Waals surface area contributed by atoms with Gasteiger partial charge in [-0.2, -0.15) is 0 Å². The summed E-state index contributed by atoms with van der Waals surface area (Å²) in [6.07, 6.45) is 0.955. The van der Waals surface area contributed by atoms with Gasteiger partial charge in [0.05, 0.1) is 7.11 Å².